The lowest BCUT2D eigenvalue weighted by Crippen LogP contribution is -2.03. The van der Waals surface area contributed by atoms with Gasteiger partial charge in [-0.1, -0.05) is 30.3 Å². The minimum atomic E-state index is 0.575. The predicted molar refractivity (Wildman–Crippen MR) is 111 cm³/mol. The molecular weight excluding hydrogens is 372 g/mol. The van der Waals surface area contributed by atoms with E-state index in [2.05, 4.69) is 25.6 Å². The maximum atomic E-state index is 5.44. The SMILES string of the molecule is COc1ccc(C=NNc2nc(-c3ccccc3)cs2)cc1Cn1cncn1. The van der Waals surface area contributed by atoms with Crippen LogP contribution in [0.1, 0.15) is 11.1 Å². The van der Waals surface area contributed by atoms with Crippen LogP contribution in [0.25, 0.3) is 11.3 Å². The zero-order chi connectivity index (χ0) is 19.2. The number of thiazole rings is 1. The number of nitrogens with one attached hydrogen (secondary N) is 1. The molecule has 2 heterocycles. The molecule has 2 aromatic heterocycles. The summed E-state index contributed by atoms with van der Waals surface area (Å²) in [7, 11) is 1.66. The van der Waals surface area contributed by atoms with E-state index < -0.39 is 0 Å². The fraction of sp³-hybridized carbons (Fsp3) is 0.100. The van der Waals surface area contributed by atoms with Gasteiger partial charge in [0.25, 0.3) is 0 Å². The molecule has 28 heavy (non-hydrogen) atoms. The van der Waals surface area contributed by atoms with Gasteiger partial charge in [-0.15, -0.1) is 11.3 Å². The van der Waals surface area contributed by atoms with Crippen LogP contribution in [-0.4, -0.2) is 33.1 Å². The number of benzene rings is 2. The highest BCUT2D eigenvalue weighted by molar-refractivity contribution is 7.14. The van der Waals surface area contributed by atoms with E-state index in [-0.39, 0.29) is 0 Å². The van der Waals surface area contributed by atoms with Gasteiger partial charge in [-0.05, 0) is 23.8 Å². The third-order valence-electron chi connectivity index (χ3n) is 4.05. The highest BCUT2D eigenvalue weighted by atomic mass is 32.1. The molecule has 0 saturated heterocycles. The molecule has 0 saturated carbocycles. The molecule has 7 nitrogen and oxygen atoms in total. The smallest absolute Gasteiger partial charge is 0.203 e. The van der Waals surface area contributed by atoms with Gasteiger partial charge in [-0.25, -0.2) is 14.6 Å². The molecule has 0 atom stereocenters. The summed E-state index contributed by atoms with van der Waals surface area (Å²) >= 11 is 1.52. The molecule has 0 bridgehead atoms. The molecule has 140 valence electrons. The summed E-state index contributed by atoms with van der Waals surface area (Å²) in [5.74, 6) is 0.799. The van der Waals surface area contributed by atoms with Crippen LogP contribution in [0.5, 0.6) is 5.75 Å². The second kappa shape index (κ2) is 8.45. The van der Waals surface area contributed by atoms with E-state index in [1.807, 2.05) is 53.9 Å². The molecule has 0 fully saturated rings. The molecule has 0 spiro atoms. The Hall–Kier alpha value is -3.52. The number of nitrogens with zero attached hydrogens (tertiary/aromatic N) is 5. The topological polar surface area (TPSA) is 77.2 Å². The molecule has 0 unspecified atom stereocenters. The largest absolute Gasteiger partial charge is 0.496 e. The van der Waals surface area contributed by atoms with Crippen molar-refractivity contribution in [2.75, 3.05) is 12.5 Å². The predicted octanol–water partition coefficient (Wildman–Crippen LogP) is 3.90. The van der Waals surface area contributed by atoms with Gasteiger partial charge in [0.2, 0.25) is 5.13 Å². The zero-order valence-corrected chi connectivity index (χ0v) is 16.0. The van der Waals surface area contributed by atoms with Crippen molar-refractivity contribution in [3.05, 3.63) is 77.7 Å². The summed E-state index contributed by atoms with van der Waals surface area (Å²) in [6, 6.07) is 16.0. The van der Waals surface area contributed by atoms with Gasteiger partial charge in [0.15, 0.2) is 0 Å². The van der Waals surface area contributed by atoms with Crippen LogP contribution in [0.3, 0.4) is 0 Å². The van der Waals surface area contributed by atoms with Gasteiger partial charge in [-0.2, -0.15) is 10.2 Å². The zero-order valence-electron chi connectivity index (χ0n) is 15.2. The summed E-state index contributed by atoms with van der Waals surface area (Å²) in [5.41, 5.74) is 6.96. The molecule has 1 N–H and O–H groups in total. The first kappa shape index (κ1) is 17.9. The number of hydrogen-bond donors (Lipinski definition) is 1. The minimum absolute atomic E-state index is 0.575. The van der Waals surface area contributed by atoms with Gasteiger partial charge < -0.3 is 4.74 Å². The molecule has 0 aliphatic rings. The summed E-state index contributed by atoms with van der Waals surface area (Å²) < 4.78 is 7.19. The summed E-state index contributed by atoms with van der Waals surface area (Å²) in [6.45, 7) is 0.575. The molecule has 0 amide bonds. The van der Waals surface area contributed by atoms with E-state index in [4.69, 9.17) is 4.74 Å². The molecule has 0 aliphatic carbocycles. The highest BCUT2D eigenvalue weighted by Gasteiger charge is 2.06. The second-order valence-electron chi connectivity index (χ2n) is 5.94. The monoisotopic (exact) mass is 390 g/mol. The first-order valence-electron chi connectivity index (χ1n) is 8.61. The molecule has 0 aliphatic heterocycles. The number of hydrogen-bond acceptors (Lipinski definition) is 7. The Balaban J connectivity index is 1.45. The standard InChI is InChI=1S/C20H18N6OS/c1-27-19-8-7-15(9-17(19)11-26-14-21-13-23-26)10-22-25-20-24-18(12-28-20)16-5-3-2-4-6-16/h2-10,12-14H,11H2,1H3,(H,24,25). The van der Waals surface area contributed by atoms with E-state index in [9.17, 15) is 0 Å². The Morgan fingerprint density at radius 1 is 1.21 bits per heavy atom. The molecule has 2 aromatic carbocycles. The fourth-order valence-corrected chi connectivity index (χ4v) is 3.39. The van der Waals surface area contributed by atoms with Crippen LogP contribution in [0.15, 0.2) is 71.7 Å². The van der Waals surface area contributed by atoms with E-state index >= 15 is 0 Å². The molecular formula is C20H18N6OS. The van der Waals surface area contributed by atoms with E-state index in [1.165, 1.54) is 17.7 Å². The number of ether oxygens (including phenoxy) is 1. The maximum absolute atomic E-state index is 5.44. The lowest BCUT2D eigenvalue weighted by atomic mass is 10.1. The number of methoxy groups -OCH3 is 1. The highest BCUT2D eigenvalue weighted by Crippen LogP contribution is 2.24. The van der Waals surface area contributed by atoms with Gasteiger partial charge in [0, 0.05) is 16.5 Å². The van der Waals surface area contributed by atoms with Crippen molar-refractivity contribution in [1.82, 2.24) is 19.7 Å². The van der Waals surface area contributed by atoms with Crippen LogP contribution in [0.4, 0.5) is 5.13 Å². The normalized spacial score (nSPS) is 11.0. The van der Waals surface area contributed by atoms with E-state index in [0.717, 1.165) is 33.3 Å². The van der Waals surface area contributed by atoms with Gasteiger partial charge in [-0.3, -0.25) is 5.43 Å². The van der Waals surface area contributed by atoms with Crippen molar-refractivity contribution >= 4 is 22.7 Å². The Kier molecular flexibility index (Phi) is 5.39. The average molecular weight is 390 g/mol. The summed E-state index contributed by atoms with van der Waals surface area (Å²) in [5, 5.41) is 11.2. The van der Waals surface area contributed by atoms with Crippen molar-refractivity contribution in [3.8, 4) is 17.0 Å². The first-order valence-corrected chi connectivity index (χ1v) is 9.49. The van der Waals surface area contributed by atoms with Crippen LogP contribution in [0.2, 0.25) is 0 Å². The number of hydrazone groups is 1. The molecule has 4 rings (SSSR count). The Bertz CT molecular complexity index is 1060. The van der Waals surface area contributed by atoms with E-state index in [0.29, 0.717) is 6.54 Å². The second-order valence-corrected chi connectivity index (χ2v) is 6.80. The lowest BCUT2D eigenvalue weighted by molar-refractivity contribution is 0.407. The van der Waals surface area contributed by atoms with Gasteiger partial charge in [0.05, 0.1) is 25.6 Å². The number of rotatable bonds is 7. The van der Waals surface area contributed by atoms with Crippen molar-refractivity contribution in [2.24, 2.45) is 5.10 Å². The first-order chi connectivity index (χ1) is 13.8. The molecule has 4 aromatic rings. The Labute approximate surface area is 166 Å². The van der Waals surface area contributed by atoms with Crippen LogP contribution < -0.4 is 10.2 Å². The third kappa shape index (κ3) is 4.24. The van der Waals surface area contributed by atoms with E-state index in [1.54, 1.807) is 24.3 Å². The molecule has 0 radical (unpaired) electrons. The third-order valence-corrected chi connectivity index (χ3v) is 4.80. The maximum Gasteiger partial charge on any atom is 0.203 e. The summed E-state index contributed by atoms with van der Waals surface area (Å²) in [4.78, 5) is 8.53. The quantitative estimate of drug-likeness (QED) is 0.382. The fourth-order valence-electron chi connectivity index (χ4n) is 2.72. The van der Waals surface area contributed by atoms with Crippen molar-refractivity contribution in [3.63, 3.8) is 0 Å². The lowest BCUT2D eigenvalue weighted by Gasteiger charge is -2.09. The van der Waals surface area contributed by atoms with Crippen LogP contribution in [-0.2, 0) is 6.54 Å². The Morgan fingerprint density at radius 3 is 2.89 bits per heavy atom. The average Bonchev–Trinajstić information content (AvgIpc) is 3.41. The minimum Gasteiger partial charge on any atom is -0.496 e. The molecule has 8 heteroatoms. The Morgan fingerprint density at radius 2 is 2.11 bits per heavy atom. The van der Waals surface area contributed by atoms with Gasteiger partial charge in [0.1, 0.15) is 18.4 Å². The summed E-state index contributed by atoms with van der Waals surface area (Å²) in [6.07, 6.45) is 4.95. The number of aromatic nitrogens is 4. The van der Waals surface area contributed by atoms with Crippen molar-refractivity contribution in [1.29, 1.82) is 0 Å². The number of anilines is 1. The van der Waals surface area contributed by atoms with Crippen LogP contribution in [0, 0.1) is 0 Å². The van der Waals surface area contributed by atoms with Gasteiger partial charge >= 0.3 is 0 Å². The van der Waals surface area contributed by atoms with Crippen molar-refractivity contribution < 1.29 is 4.74 Å². The van der Waals surface area contributed by atoms with Crippen molar-refractivity contribution in [2.45, 2.75) is 6.54 Å². The van der Waals surface area contributed by atoms with Crippen LogP contribution >= 0.6 is 11.3 Å².